The summed E-state index contributed by atoms with van der Waals surface area (Å²) in [6.45, 7) is 11.9. The second-order valence-electron chi connectivity index (χ2n) is 12.0. The van der Waals surface area contributed by atoms with Gasteiger partial charge in [-0.2, -0.15) is 0 Å². The summed E-state index contributed by atoms with van der Waals surface area (Å²) in [5, 5.41) is 9.07. The molecule has 0 aromatic heterocycles. The average Bonchev–Trinajstić information content (AvgIpc) is 3.01. The molecule has 3 heteroatoms. The summed E-state index contributed by atoms with van der Waals surface area (Å²) in [6, 6.07) is 0. The van der Waals surface area contributed by atoms with E-state index < -0.39 is 5.97 Å². The monoisotopic (exact) mass is 418 g/mol. The van der Waals surface area contributed by atoms with Gasteiger partial charge < -0.3 is 5.11 Å². The molecule has 0 saturated heterocycles. The highest BCUT2D eigenvalue weighted by Gasteiger charge is 2.59. The topological polar surface area (TPSA) is 54.4 Å². The van der Waals surface area contributed by atoms with E-state index in [1.165, 1.54) is 44.9 Å². The van der Waals surface area contributed by atoms with E-state index in [4.69, 9.17) is 5.11 Å². The van der Waals surface area contributed by atoms with Gasteiger partial charge in [-0.3, -0.25) is 9.59 Å². The molecule has 0 aromatic rings. The SMILES string of the molecule is CC(C)CCCC(C)C1CCC2C3CCC(=O)C(C)(CCCC(=O)O)C3CCC12C. The Morgan fingerprint density at radius 2 is 1.77 bits per heavy atom. The molecule has 7 atom stereocenters. The molecule has 0 amide bonds. The van der Waals surface area contributed by atoms with Crippen LogP contribution in [0.5, 0.6) is 0 Å². The van der Waals surface area contributed by atoms with Gasteiger partial charge in [-0.15, -0.1) is 0 Å². The lowest BCUT2D eigenvalue weighted by atomic mass is 9.48. The minimum atomic E-state index is -0.736. The minimum absolute atomic E-state index is 0.192. The Labute approximate surface area is 184 Å². The molecule has 3 nitrogen and oxygen atoms in total. The molecule has 3 aliphatic rings. The van der Waals surface area contributed by atoms with E-state index >= 15 is 0 Å². The van der Waals surface area contributed by atoms with Crippen LogP contribution >= 0.6 is 0 Å². The zero-order valence-corrected chi connectivity index (χ0v) is 20.2. The van der Waals surface area contributed by atoms with Crippen LogP contribution in [0, 0.1) is 46.3 Å². The van der Waals surface area contributed by atoms with Crippen LogP contribution in [0.15, 0.2) is 0 Å². The van der Waals surface area contributed by atoms with Crippen LogP contribution in [0.4, 0.5) is 0 Å². The molecule has 3 aliphatic carbocycles. The number of aliphatic carboxylic acids is 1. The Bertz CT molecular complexity index is 626. The lowest BCUT2D eigenvalue weighted by molar-refractivity contribution is -0.147. The molecule has 0 bridgehead atoms. The number of carbonyl (C=O) groups excluding carboxylic acids is 1. The van der Waals surface area contributed by atoms with Crippen LogP contribution in [0.1, 0.15) is 112 Å². The van der Waals surface area contributed by atoms with Gasteiger partial charge in [0.25, 0.3) is 0 Å². The van der Waals surface area contributed by atoms with Crippen molar-refractivity contribution in [2.24, 2.45) is 46.3 Å². The normalized spacial score (nSPS) is 39.6. The van der Waals surface area contributed by atoms with Gasteiger partial charge in [-0.25, -0.2) is 0 Å². The van der Waals surface area contributed by atoms with Crippen LogP contribution in [0.25, 0.3) is 0 Å². The van der Waals surface area contributed by atoms with Crippen LogP contribution in [0.2, 0.25) is 0 Å². The first-order valence-electron chi connectivity index (χ1n) is 12.8. The van der Waals surface area contributed by atoms with Gasteiger partial charge in [-0.05, 0) is 85.9 Å². The molecule has 172 valence electrons. The molecule has 0 spiro atoms. The van der Waals surface area contributed by atoms with Crippen molar-refractivity contribution in [3.63, 3.8) is 0 Å². The van der Waals surface area contributed by atoms with E-state index in [0.29, 0.717) is 35.9 Å². The summed E-state index contributed by atoms with van der Waals surface area (Å²) in [7, 11) is 0. The van der Waals surface area contributed by atoms with E-state index in [0.717, 1.165) is 36.5 Å². The highest BCUT2D eigenvalue weighted by atomic mass is 16.4. The number of hydrogen-bond donors (Lipinski definition) is 1. The highest BCUT2D eigenvalue weighted by Crippen LogP contribution is 2.65. The number of hydrogen-bond acceptors (Lipinski definition) is 2. The number of Topliss-reactive ketones (excluding diaryl/α,β-unsaturated/α-hetero) is 1. The van der Waals surface area contributed by atoms with E-state index in [1.807, 2.05) is 0 Å². The third kappa shape index (κ3) is 4.51. The summed E-state index contributed by atoms with van der Waals surface area (Å²) in [4.78, 5) is 24.0. The van der Waals surface area contributed by atoms with Crippen LogP contribution < -0.4 is 0 Å². The maximum absolute atomic E-state index is 13.0. The Balaban J connectivity index is 1.70. The maximum atomic E-state index is 13.0. The quantitative estimate of drug-likeness (QED) is 0.433. The maximum Gasteiger partial charge on any atom is 0.303 e. The van der Waals surface area contributed by atoms with Crippen LogP contribution in [-0.4, -0.2) is 16.9 Å². The zero-order valence-electron chi connectivity index (χ0n) is 20.2. The van der Waals surface area contributed by atoms with Crippen LogP contribution in [-0.2, 0) is 9.59 Å². The van der Waals surface area contributed by atoms with Gasteiger partial charge in [0.1, 0.15) is 5.78 Å². The van der Waals surface area contributed by atoms with Gasteiger partial charge in [0.2, 0.25) is 0 Å². The van der Waals surface area contributed by atoms with Gasteiger partial charge in [0.15, 0.2) is 0 Å². The molecule has 0 heterocycles. The van der Waals surface area contributed by atoms with Crippen molar-refractivity contribution >= 4 is 11.8 Å². The largest absolute Gasteiger partial charge is 0.481 e. The fourth-order valence-corrected chi connectivity index (χ4v) is 8.23. The van der Waals surface area contributed by atoms with E-state index in [9.17, 15) is 9.59 Å². The number of carboxylic acid groups (broad SMARTS) is 1. The van der Waals surface area contributed by atoms with Gasteiger partial charge in [0, 0.05) is 18.3 Å². The van der Waals surface area contributed by atoms with Crippen molar-refractivity contribution in [1.29, 1.82) is 0 Å². The molecule has 3 fully saturated rings. The average molecular weight is 419 g/mol. The molecule has 3 saturated carbocycles. The molecule has 0 radical (unpaired) electrons. The van der Waals surface area contributed by atoms with E-state index in [2.05, 4.69) is 34.6 Å². The molecule has 0 aliphatic heterocycles. The summed E-state index contributed by atoms with van der Waals surface area (Å²) in [6.07, 6.45) is 12.6. The summed E-state index contributed by atoms with van der Waals surface area (Å²) < 4.78 is 0. The van der Waals surface area contributed by atoms with E-state index in [1.54, 1.807) is 0 Å². The van der Waals surface area contributed by atoms with Crippen molar-refractivity contribution in [2.45, 2.75) is 112 Å². The first-order chi connectivity index (χ1) is 14.1. The number of carbonyl (C=O) groups is 2. The lowest BCUT2D eigenvalue weighted by Gasteiger charge is -2.56. The van der Waals surface area contributed by atoms with E-state index in [-0.39, 0.29) is 11.8 Å². The van der Waals surface area contributed by atoms with Gasteiger partial charge in [-0.1, -0.05) is 53.9 Å². The molecule has 7 unspecified atom stereocenters. The Morgan fingerprint density at radius 1 is 1.03 bits per heavy atom. The highest BCUT2D eigenvalue weighted by molar-refractivity contribution is 5.85. The molecule has 3 rings (SSSR count). The van der Waals surface area contributed by atoms with Crippen molar-refractivity contribution in [2.75, 3.05) is 0 Å². The standard InChI is InChI=1S/C27H46O3/c1-18(2)8-6-9-19(3)21-12-13-22-20-11-14-24(28)27(5,16-7-10-25(29)30)23(20)15-17-26(21,22)4/h18-23H,6-17H2,1-5H3,(H,29,30). The summed E-state index contributed by atoms with van der Waals surface area (Å²) in [5.41, 5.74) is 0.154. The first kappa shape index (κ1) is 23.8. The predicted octanol–water partition coefficient (Wildman–Crippen LogP) is 7.13. The Morgan fingerprint density at radius 3 is 2.43 bits per heavy atom. The Kier molecular flexibility index (Phi) is 7.40. The van der Waals surface area contributed by atoms with Crippen molar-refractivity contribution in [1.82, 2.24) is 0 Å². The fraction of sp³-hybridized carbons (Fsp3) is 0.926. The number of ketones is 1. The van der Waals surface area contributed by atoms with Crippen molar-refractivity contribution in [3.05, 3.63) is 0 Å². The molecule has 0 aromatic carbocycles. The third-order valence-corrected chi connectivity index (χ3v) is 9.89. The van der Waals surface area contributed by atoms with Crippen molar-refractivity contribution in [3.8, 4) is 0 Å². The lowest BCUT2D eigenvalue weighted by Crippen LogP contribution is -2.52. The number of fused-ring (bicyclic) bond motifs is 3. The van der Waals surface area contributed by atoms with Gasteiger partial charge >= 0.3 is 5.97 Å². The molecular weight excluding hydrogens is 372 g/mol. The second-order valence-corrected chi connectivity index (χ2v) is 12.0. The predicted molar refractivity (Wildman–Crippen MR) is 122 cm³/mol. The van der Waals surface area contributed by atoms with Crippen molar-refractivity contribution < 1.29 is 14.7 Å². The van der Waals surface area contributed by atoms with Crippen LogP contribution in [0.3, 0.4) is 0 Å². The molecule has 1 N–H and O–H groups in total. The second kappa shape index (κ2) is 9.33. The first-order valence-corrected chi connectivity index (χ1v) is 12.8. The zero-order chi connectivity index (χ0) is 22.1. The molecular formula is C27H46O3. The summed E-state index contributed by atoms with van der Waals surface area (Å²) in [5.74, 6) is 4.03. The fourth-order valence-electron chi connectivity index (χ4n) is 8.23. The third-order valence-electron chi connectivity index (χ3n) is 9.89. The summed E-state index contributed by atoms with van der Waals surface area (Å²) >= 11 is 0. The Hall–Kier alpha value is -0.860. The molecule has 30 heavy (non-hydrogen) atoms. The minimum Gasteiger partial charge on any atom is -0.481 e. The van der Waals surface area contributed by atoms with Gasteiger partial charge in [0.05, 0.1) is 0 Å². The number of carboxylic acids is 1. The smallest absolute Gasteiger partial charge is 0.303 e. The number of rotatable bonds is 9.